The summed E-state index contributed by atoms with van der Waals surface area (Å²) in [4.78, 5) is 50.7. The fourth-order valence-electron chi connectivity index (χ4n) is 2.36. The Morgan fingerprint density at radius 1 is 1.29 bits per heavy atom. The quantitative estimate of drug-likeness (QED) is 0.246. The Balaban J connectivity index is 2.30. The van der Waals surface area contributed by atoms with Gasteiger partial charge >= 0.3 is 5.97 Å². The van der Waals surface area contributed by atoms with Gasteiger partial charge in [-0.05, 0) is 19.3 Å². The molecule has 1 rings (SSSR count). The predicted octanol–water partition coefficient (Wildman–Crippen LogP) is 1.18. The van der Waals surface area contributed by atoms with Crippen LogP contribution in [0.25, 0.3) is 0 Å². The van der Waals surface area contributed by atoms with Crippen LogP contribution >= 0.6 is 11.8 Å². The first-order chi connectivity index (χ1) is 11.4. The molecular formula is C14H22N2O7S. The average Bonchev–Trinajstić information content (AvgIpc) is 3.00. The molecule has 0 aromatic heterocycles. The third-order valence-corrected chi connectivity index (χ3v) is 4.31. The molecule has 1 heterocycles. The van der Waals surface area contributed by atoms with E-state index in [0.29, 0.717) is 31.6 Å². The molecule has 136 valence electrons. The topological polar surface area (TPSA) is 116 Å². The van der Waals surface area contributed by atoms with Crippen LogP contribution < -0.4 is 0 Å². The lowest BCUT2D eigenvalue weighted by Crippen LogP contribution is -2.41. The van der Waals surface area contributed by atoms with Crippen molar-refractivity contribution < 1.29 is 29.0 Å². The van der Waals surface area contributed by atoms with Crippen LogP contribution in [0.1, 0.15) is 39.0 Å². The molecule has 1 amide bonds. The maximum absolute atomic E-state index is 12.2. The largest absolute Gasteiger partial charge is 0.464 e. The third-order valence-electron chi connectivity index (χ3n) is 3.42. The standard InChI is InChI=1S/C14H22N2O7S/c1-11(17)24-10-3-6-13(18)15-7-2-5-12(15)14(19)22-8-4-9-23-16(20)21/h12H,2-10H2,1H3/t12-/m0/s1. The van der Waals surface area contributed by atoms with Gasteiger partial charge in [-0.2, -0.15) is 0 Å². The van der Waals surface area contributed by atoms with Gasteiger partial charge in [0.05, 0.1) is 13.2 Å². The Labute approximate surface area is 144 Å². The lowest BCUT2D eigenvalue weighted by molar-refractivity contribution is -0.757. The summed E-state index contributed by atoms with van der Waals surface area (Å²) >= 11 is 1.18. The number of hydrogen-bond donors (Lipinski definition) is 0. The molecule has 1 saturated heterocycles. The van der Waals surface area contributed by atoms with Crippen LogP contribution in [-0.4, -0.2) is 58.5 Å². The predicted molar refractivity (Wildman–Crippen MR) is 85.6 cm³/mol. The SMILES string of the molecule is CC(=O)SCCCC(=O)N1CCC[C@H]1C(=O)OCCCO[N+](=O)[O-]. The Hall–Kier alpha value is -1.84. The number of esters is 1. The van der Waals surface area contributed by atoms with Crippen molar-refractivity contribution in [2.45, 2.75) is 45.1 Å². The van der Waals surface area contributed by atoms with Crippen LogP contribution in [0, 0.1) is 10.1 Å². The fourth-order valence-corrected chi connectivity index (χ4v) is 2.94. The van der Waals surface area contributed by atoms with Gasteiger partial charge in [0, 0.05) is 32.1 Å². The average molecular weight is 362 g/mol. The zero-order valence-corrected chi connectivity index (χ0v) is 14.4. The van der Waals surface area contributed by atoms with Gasteiger partial charge in [-0.3, -0.25) is 9.59 Å². The number of rotatable bonds is 10. The normalized spacial score (nSPS) is 16.7. The molecule has 1 fully saturated rings. The van der Waals surface area contributed by atoms with Gasteiger partial charge < -0.3 is 14.5 Å². The first-order valence-electron chi connectivity index (χ1n) is 7.78. The van der Waals surface area contributed by atoms with Crippen molar-refractivity contribution in [1.82, 2.24) is 4.90 Å². The minimum absolute atomic E-state index is 0.0143. The van der Waals surface area contributed by atoms with E-state index < -0.39 is 17.1 Å². The summed E-state index contributed by atoms with van der Waals surface area (Å²) in [6.45, 7) is 1.88. The van der Waals surface area contributed by atoms with Crippen LogP contribution in [0.5, 0.6) is 0 Å². The molecule has 10 heteroatoms. The Kier molecular flexibility index (Phi) is 9.13. The van der Waals surface area contributed by atoms with Crippen molar-refractivity contribution in [3.05, 3.63) is 10.1 Å². The van der Waals surface area contributed by atoms with Gasteiger partial charge in [0.25, 0.3) is 5.09 Å². The Morgan fingerprint density at radius 2 is 2.04 bits per heavy atom. The first kappa shape index (κ1) is 20.2. The first-order valence-corrected chi connectivity index (χ1v) is 8.77. The zero-order chi connectivity index (χ0) is 17.9. The second-order valence-electron chi connectivity index (χ2n) is 5.27. The minimum Gasteiger partial charge on any atom is -0.464 e. The molecule has 0 aliphatic carbocycles. The van der Waals surface area contributed by atoms with E-state index in [1.165, 1.54) is 23.6 Å². The van der Waals surface area contributed by atoms with E-state index in [2.05, 4.69) is 4.84 Å². The van der Waals surface area contributed by atoms with E-state index >= 15 is 0 Å². The molecular weight excluding hydrogens is 340 g/mol. The van der Waals surface area contributed by atoms with Gasteiger partial charge in [-0.25, -0.2) is 4.79 Å². The van der Waals surface area contributed by atoms with Gasteiger partial charge in [0.2, 0.25) is 5.91 Å². The Morgan fingerprint density at radius 3 is 2.71 bits per heavy atom. The maximum Gasteiger partial charge on any atom is 0.328 e. The summed E-state index contributed by atoms with van der Waals surface area (Å²) in [5.74, 6) is -0.0177. The summed E-state index contributed by atoms with van der Waals surface area (Å²) in [6, 6.07) is -0.589. The van der Waals surface area contributed by atoms with E-state index in [9.17, 15) is 24.5 Å². The molecule has 0 aromatic rings. The summed E-state index contributed by atoms with van der Waals surface area (Å²) in [5, 5.41) is 9.10. The van der Waals surface area contributed by atoms with Crippen LogP contribution in [0.4, 0.5) is 0 Å². The summed E-state index contributed by atoms with van der Waals surface area (Å²) in [5.41, 5.74) is 0. The minimum atomic E-state index is -0.899. The lowest BCUT2D eigenvalue weighted by atomic mass is 10.2. The molecule has 0 radical (unpaired) electrons. The molecule has 0 bridgehead atoms. The van der Waals surface area contributed by atoms with Crippen molar-refractivity contribution in [3.8, 4) is 0 Å². The third kappa shape index (κ3) is 7.62. The maximum atomic E-state index is 12.2. The summed E-state index contributed by atoms with van der Waals surface area (Å²) in [7, 11) is 0. The molecule has 9 nitrogen and oxygen atoms in total. The second-order valence-corrected chi connectivity index (χ2v) is 6.54. The van der Waals surface area contributed by atoms with Crippen LogP contribution in [-0.2, 0) is 24.0 Å². The van der Waals surface area contributed by atoms with Gasteiger partial charge in [0.1, 0.15) is 6.04 Å². The highest BCUT2D eigenvalue weighted by Crippen LogP contribution is 2.20. The highest BCUT2D eigenvalue weighted by atomic mass is 32.2. The van der Waals surface area contributed by atoms with E-state index in [1.54, 1.807) is 0 Å². The zero-order valence-electron chi connectivity index (χ0n) is 13.6. The van der Waals surface area contributed by atoms with Crippen molar-refractivity contribution in [2.75, 3.05) is 25.5 Å². The molecule has 0 spiro atoms. The van der Waals surface area contributed by atoms with E-state index in [4.69, 9.17) is 4.74 Å². The van der Waals surface area contributed by atoms with Gasteiger partial charge in [-0.15, -0.1) is 10.1 Å². The van der Waals surface area contributed by atoms with Crippen molar-refractivity contribution in [1.29, 1.82) is 0 Å². The molecule has 0 aromatic carbocycles. The van der Waals surface area contributed by atoms with Crippen LogP contribution in [0.2, 0.25) is 0 Å². The molecule has 0 saturated carbocycles. The lowest BCUT2D eigenvalue weighted by Gasteiger charge is -2.23. The van der Waals surface area contributed by atoms with Crippen LogP contribution in [0.3, 0.4) is 0 Å². The highest BCUT2D eigenvalue weighted by Gasteiger charge is 2.34. The number of likely N-dealkylation sites (tertiary alicyclic amines) is 1. The molecule has 24 heavy (non-hydrogen) atoms. The monoisotopic (exact) mass is 362 g/mol. The number of amides is 1. The molecule has 0 unspecified atom stereocenters. The number of hydrogen-bond acceptors (Lipinski definition) is 8. The molecule has 1 atom stereocenters. The number of carbonyl (C=O) groups is 3. The smallest absolute Gasteiger partial charge is 0.328 e. The van der Waals surface area contributed by atoms with Crippen molar-refractivity contribution >= 4 is 28.8 Å². The highest BCUT2D eigenvalue weighted by molar-refractivity contribution is 8.13. The van der Waals surface area contributed by atoms with Crippen molar-refractivity contribution in [2.24, 2.45) is 0 Å². The summed E-state index contributed by atoms with van der Waals surface area (Å²) < 4.78 is 5.06. The number of carbonyl (C=O) groups excluding carboxylic acids is 3. The van der Waals surface area contributed by atoms with Gasteiger partial charge in [0.15, 0.2) is 5.12 Å². The number of ether oxygens (including phenoxy) is 1. The Bertz CT molecular complexity index is 472. The van der Waals surface area contributed by atoms with E-state index in [0.717, 1.165) is 6.42 Å². The molecule has 1 aliphatic rings. The number of thioether (sulfide) groups is 1. The van der Waals surface area contributed by atoms with Crippen LogP contribution in [0.15, 0.2) is 0 Å². The molecule has 0 N–H and O–H groups in total. The van der Waals surface area contributed by atoms with Gasteiger partial charge in [-0.1, -0.05) is 11.8 Å². The fraction of sp³-hybridized carbons (Fsp3) is 0.786. The van der Waals surface area contributed by atoms with E-state index in [1.807, 2.05) is 0 Å². The molecule has 1 aliphatic heterocycles. The van der Waals surface area contributed by atoms with Crippen molar-refractivity contribution in [3.63, 3.8) is 0 Å². The second kappa shape index (κ2) is 10.8. The number of nitrogens with zero attached hydrogens (tertiary/aromatic N) is 2. The van der Waals surface area contributed by atoms with E-state index in [-0.39, 0.29) is 30.7 Å². The summed E-state index contributed by atoms with van der Waals surface area (Å²) in [6.07, 6.45) is 2.38.